The Morgan fingerprint density at radius 2 is 2.15 bits per heavy atom. The average Bonchev–Trinajstić information content (AvgIpc) is 3.07. The lowest BCUT2D eigenvalue weighted by Crippen LogP contribution is -2.29. The van der Waals surface area contributed by atoms with E-state index in [1.165, 1.54) is 10.1 Å². The molecule has 6 heteroatoms. The van der Waals surface area contributed by atoms with Gasteiger partial charge in [-0.1, -0.05) is 0 Å². The fourth-order valence-corrected chi connectivity index (χ4v) is 3.79. The van der Waals surface area contributed by atoms with Crippen molar-refractivity contribution in [3.63, 3.8) is 0 Å². The third kappa shape index (κ3) is 3.43. The van der Waals surface area contributed by atoms with E-state index in [1.54, 1.807) is 25.2 Å². The molecule has 134 valence electrons. The number of aliphatic imine (C=N–C) groups is 1. The lowest BCUT2D eigenvalue weighted by Gasteiger charge is -2.25. The van der Waals surface area contributed by atoms with E-state index in [2.05, 4.69) is 57.2 Å². The van der Waals surface area contributed by atoms with Gasteiger partial charge in [0.1, 0.15) is 0 Å². The van der Waals surface area contributed by atoms with Gasteiger partial charge in [0.2, 0.25) is 0 Å². The van der Waals surface area contributed by atoms with Crippen molar-refractivity contribution in [1.82, 2.24) is 4.98 Å². The molecule has 1 aliphatic rings. The third-order valence-corrected chi connectivity index (χ3v) is 5.24. The van der Waals surface area contributed by atoms with Gasteiger partial charge in [0.15, 0.2) is 6.17 Å². The van der Waals surface area contributed by atoms with Gasteiger partial charge in [0.05, 0.1) is 16.0 Å². The molecule has 0 amide bonds. The van der Waals surface area contributed by atoms with E-state index < -0.39 is 5.60 Å². The molecular formula is C20H22N4OS. The molecule has 0 saturated heterocycles. The fraction of sp³-hybridized carbons (Fsp3) is 0.300. The zero-order chi connectivity index (χ0) is 18.3. The lowest BCUT2D eigenvalue weighted by atomic mass is 10.0. The summed E-state index contributed by atoms with van der Waals surface area (Å²) in [7, 11) is 0. The third-order valence-electron chi connectivity index (χ3n) is 4.38. The number of nitrogens with zero attached hydrogens (tertiary/aromatic N) is 2. The van der Waals surface area contributed by atoms with Gasteiger partial charge in [-0.25, -0.2) is 0 Å². The van der Waals surface area contributed by atoms with Crippen LogP contribution in [0.25, 0.3) is 10.1 Å². The molecule has 5 nitrogen and oxygen atoms in total. The first-order chi connectivity index (χ1) is 12.4. The summed E-state index contributed by atoms with van der Waals surface area (Å²) in [4.78, 5) is 9.22. The Bertz CT molecular complexity index is 987. The van der Waals surface area contributed by atoms with Crippen molar-refractivity contribution in [3.8, 4) is 0 Å². The topological polar surface area (TPSA) is 69.5 Å². The van der Waals surface area contributed by atoms with E-state index in [4.69, 9.17) is 0 Å². The van der Waals surface area contributed by atoms with Crippen molar-refractivity contribution in [2.24, 2.45) is 4.99 Å². The summed E-state index contributed by atoms with van der Waals surface area (Å²) in [6, 6.07) is 8.34. The summed E-state index contributed by atoms with van der Waals surface area (Å²) in [5.74, 6) is 0. The van der Waals surface area contributed by atoms with Gasteiger partial charge < -0.3 is 15.7 Å². The van der Waals surface area contributed by atoms with Crippen LogP contribution in [0, 0.1) is 6.92 Å². The first-order valence-electron chi connectivity index (χ1n) is 8.63. The maximum Gasteiger partial charge on any atom is 0.161 e. The molecule has 0 spiro atoms. The second kappa shape index (κ2) is 6.37. The standard InChI is InChI=1S/C20H22N4OS/c1-12-6-15(23-11-20(2,3)25)7-14-9-22-19(24-18(12)14)16-8-13-4-5-26-17(13)10-21-16/h4-10,19,23-25H,11H2,1-3H3. The average molecular weight is 366 g/mol. The number of benzene rings is 1. The molecule has 0 saturated carbocycles. The van der Waals surface area contributed by atoms with Crippen LogP contribution in [-0.4, -0.2) is 28.5 Å². The summed E-state index contributed by atoms with van der Waals surface area (Å²) >= 11 is 1.70. The Morgan fingerprint density at radius 1 is 1.31 bits per heavy atom. The molecule has 4 rings (SSSR count). The SMILES string of the molecule is Cc1cc(NCC(C)(C)O)cc2c1NC(c1cc3ccsc3cn1)N=C2. The van der Waals surface area contributed by atoms with Gasteiger partial charge >= 0.3 is 0 Å². The van der Waals surface area contributed by atoms with E-state index in [-0.39, 0.29) is 6.17 Å². The Labute approximate surface area is 156 Å². The highest BCUT2D eigenvalue weighted by Gasteiger charge is 2.20. The molecule has 3 N–H and O–H groups in total. The fourth-order valence-electron chi connectivity index (χ4n) is 3.05. The number of aromatic nitrogens is 1. The van der Waals surface area contributed by atoms with Crippen molar-refractivity contribution in [3.05, 3.63) is 52.7 Å². The van der Waals surface area contributed by atoms with Gasteiger partial charge in [0.25, 0.3) is 0 Å². The second-order valence-corrected chi connectivity index (χ2v) is 8.26. The van der Waals surface area contributed by atoms with Gasteiger partial charge in [0, 0.05) is 35.9 Å². The predicted molar refractivity (Wildman–Crippen MR) is 110 cm³/mol. The van der Waals surface area contributed by atoms with Crippen LogP contribution in [0.1, 0.15) is 36.8 Å². The minimum absolute atomic E-state index is 0.180. The zero-order valence-corrected chi connectivity index (χ0v) is 15.9. The van der Waals surface area contributed by atoms with Gasteiger partial charge in [-0.15, -0.1) is 11.3 Å². The Balaban J connectivity index is 1.59. The van der Waals surface area contributed by atoms with Crippen LogP contribution in [0.15, 0.2) is 40.8 Å². The number of aryl methyl sites for hydroxylation is 1. The zero-order valence-electron chi connectivity index (χ0n) is 15.1. The van der Waals surface area contributed by atoms with Gasteiger partial charge in [-0.05, 0) is 61.4 Å². The highest BCUT2D eigenvalue weighted by Crippen LogP contribution is 2.33. The molecule has 1 aliphatic heterocycles. The summed E-state index contributed by atoms with van der Waals surface area (Å²) in [5.41, 5.74) is 4.39. The second-order valence-electron chi connectivity index (χ2n) is 7.32. The highest BCUT2D eigenvalue weighted by molar-refractivity contribution is 7.17. The number of hydrogen-bond acceptors (Lipinski definition) is 6. The quantitative estimate of drug-likeness (QED) is 0.643. The van der Waals surface area contributed by atoms with Crippen LogP contribution in [0.3, 0.4) is 0 Å². The summed E-state index contributed by atoms with van der Waals surface area (Å²) in [6.07, 6.45) is 3.64. The number of pyridine rings is 1. The Morgan fingerprint density at radius 3 is 2.96 bits per heavy atom. The van der Waals surface area contributed by atoms with E-state index in [9.17, 15) is 5.11 Å². The van der Waals surface area contributed by atoms with Crippen molar-refractivity contribution in [1.29, 1.82) is 0 Å². The normalized spacial score (nSPS) is 16.4. The van der Waals surface area contributed by atoms with E-state index in [0.717, 1.165) is 28.2 Å². The van der Waals surface area contributed by atoms with Crippen molar-refractivity contribution >= 4 is 39.0 Å². The first-order valence-corrected chi connectivity index (χ1v) is 9.51. The molecule has 0 fully saturated rings. The van der Waals surface area contributed by atoms with Crippen molar-refractivity contribution < 1.29 is 5.11 Å². The number of nitrogens with one attached hydrogen (secondary N) is 2. The maximum absolute atomic E-state index is 9.90. The van der Waals surface area contributed by atoms with Crippen LogP contribution in [-0.2, 0) is 0 Å². The molecular weight excluding hydrogens is 344 g/mol. The largest absolute Gasteiger partial charge is 0.389 e. The van der Waals surface area contributed by atoms with E-state index >= 15 is 0 Å². The van der Waals surface area contributed by atoms with Crippen LogP contribution < -0.4 is 10.6 Å². The molecule has 0 radical (unpaired) electrons. The minimum atomic E-state index is -0.757. The molecule has 2 aromatic heterocycles. The maximum atomic E-state index is 9.90. The van der Waals surface area contributed by atoms with E-state index in [1.807, 2.05) is 12.4 Å². The monoisotopic (exact) mass is 366 g/mol. The number of fused-ring (bicyclic) bond motifs is 2. The predicted octanol–water partition coefficient (Wildman–Crippen LogP) is 4.33. The first kappa shape index (κ1) is 17.0. The van der Waals surface area contributed by atoms with E-state index in [0.29, 0.717) is 6.54 Å². The van der Waals surface area contributed by atoms with Gasteiger partial charge in [-0.2, -0.15) is 0 Å². The molecule has 0 bridgehead atoms. The Hall–Kier alpha value is -2.44. The summed E-state index contributed by atoms with van der Waals surface area (Å²) in [5, 5.41) is 20.0. The summed E-state index contributed by atoms with van der Waals surface area (Å²) in [6.45, 7) is 6.14. The van der Waals surface area contributed by atoms with Crippen LogP contribution in [0.5, 0.6) is 0 Å². The van der Waals surface area contributed by atoms with Gasteiger partial charge in [-0.3, -0.25) is 9.98 Å². The number of hydrogen-bond donors (Lipinski definition) is 3. The number of thiophene rings is 1. The van der Waals surface area contributed by atoms with Crippen molar-refractivity contribution in [2.75, 3.05) is 17.2 Å². The number of anilines is 2. The molecule has 26 heavy (non-hydrogen) atoms. The Kier molecular flexibility index (Phi) is 4.17. The molecule has 3 heterocycles. The van der Waals surface area contributed by atoms with Crippen LogP contribution in [0.4, 0.5) is 11.4 Å². The molecule has 0 aliphatic carbocycles. The molecule has 3 aromatic rings. The smallest absolute Gasteiger partial charge is 0.161 e. The summed E-state index contributed by atoms with van der Waals surface area (Å²) < 4.78 is 1.19. The minimum Gasteiger partial charge on any atom is -0.389 e. The van der Waals surface area contributed by atoms with Crippen molar-refractivity contribution in [2.45, 2.75) is 32.5 Å². The molecule has 1 unspecified atom stereocenters. The highest BCUT2D eigenvalue weighted by atomic mass is 32.1. The number of rotatable bonds is 4. The lowest BCUT2D eigenvalue weighted by molar-refractivity contribution is 0.0945. The molecule has 1 atom stereocenters. The number of aliphatic hydroxyl groups is 1. The van der Waals surface area contributed by atoms with Crippen LogP contribution in [0.2, 0.25) is 0 Å². The molecule has 1 aromatic carbocycles. The van der Waals surface area contributed by atoms with Crippen LogP contribution >= 0.6 is 11.3 Å².